The van der Waals surface area contributed by atoms with Gasteiger partial charge in [0.2, 0.25) is 5.91 Å². The van der Waals surface area contributed by atoms with Crippen molar-refractivity contribution in [2.45, 2.75) is 25.4 Å². The van der Waals surface area contributed by atoms with Crippen LogP contribution in [0.25, 0.3) is 10.6 Å². The maximum absolute atomic E-state index is 13.0. The Morgan fingerprint density at radius 2 is 1.89 bits per heavy atom. The second-order valence-electron chi connectivity index (χ2n) is 8.88. The maximum atomic E-state index is 13.0. The van der Waals surface area contributed by atoms with Gasteiger partial charge in [-0.2, -0.15) is 0 Å². The van der Waals surface area contributed by atoms with E-state index in [0.717, 1.165) is 44.6 Å². The molecule has 1 saturated heterocycles. The summed E-state index contributed by atoms with van der Waals surface area (Å²) in [7, 11) is 2.08. The fourth-order valence-corrected chi connectivity index (χ4v) is 4.57. The van der Waals surface area contributed by atoms with Gasteiger partial charge >= 0.3 is 0 Å². The number of amides is 1. The first-order chi connectivity index (χ1) is 17.0. The Labute approximate surface area is 207 Å². The van der Waals surface area contributed by atoms with Gasteiger partial charge in [-0.3, -0.25) is 14.5 Å². The molecule has 3 heterocycles. The molecule has 11 heteroatoms. The van der Waals surface area contributed by atoms with Crippen LogP contribution in [-0.2, 0) is 11.2 Å². The van der Waals surface area contributed by atoms with E-state index in [4.69, 9.17) is 4.74 Å². The van der Waals surface area contributed by atoms with Crippen LogP contribution in [0, 0.1) is 0 Å². The van der Waals surface area contributed by atoms with Gasteiger partial charge < -0.3 is 15.0 Å². The van der Waals surface area contributed by atoms with E-state index in [0.29, 0.717) is 33.6 Å². The summed E-state index contributed by atoms with van der Waals surface area (Å²) in [5.74, 6) is 0.376. The monoisotopic (exact) mass is 493 g/mol. The molecular weight excluding hydrogens is 466 g/mol. The zero-order chi connectivity index (χ0) is 24.2. The summed E-state index contributed by atoms with van der Waals surface area (Å²) in [6.45, 7) is 3.90. The number of anilines is 1. The van der Waals surface area contributed by atoms with Crippen LogP contribution in [-0.4, -0.2) is 87.5 Å². The lowest BCUT2D eigenvalue weighted by molar-refractivity contribution is -0.117. The number of ketones is 1. The maximum Gasteiger partial charge on any atom is 0.238 e. The van der Waals surface area contributed by atoms with Crippen molar-refractivity contribution in [1.29, 1.82) is 0 Å². The minimum Gasteiger partial charge on any atom is -0.488 e. The zero-order valence-corrected chi connectivity index (χ0v) is 20.3. The van der Waals surface area contributed by atoms with E-state index in [1.165, 1.54) is 17.7 Å². The molecule has 0 spiro atoms. The molecule has 1 saturated carbocycles. The average molecular weight is 494 g/mol. The van der Waals surface area contributed by atoms with E-state index in [2.05, 4.69) is 42.3 Å². The molecule has 35 heavy (non-hydrogen) atoms. The number of piperazine rings is 1. The van der Waals surface area contributed by atoms with Gasteiger partial charge in [-0.15, -0.1) is 10.2 Å². The van der Waals surface area contributed by atoms with Gasteiger partial charge in [-0.1, -0.05) is 11.3 Å². The molecule has 182 valence electrons. The van der Waals surface area contributed by atoms with E-state index in [9.17, 15) is 9.59 Å². The first kappa shape index (κ1) is 23.5. The number of carbonyl (C=O) groups excluding carboxylic acids is 2. The summed E-state index contributed by atoms with van der Waals surface area (Å²) in [5.41, 5.74) is 1.78. The fourth-order valence-electron chi connectivity index (χ4n) is 3.76. The standard InChI is InChI=1S/C24H27N7O3S/c1-30-6-8-31(9-7-30)14-22(33)27-19-10-16(2-5-21(19)34-18-3-4-18)20(32)11-23-28-29-24(35-23)17-12-25-15-26-13-17/h2,5,10,12-13,15,18H,3-4,6-9,11,14H2,1H3,(H,27,33). The summed E-state index contributed by atoms with van der Waals surface area (Å²) in [4.78, 5) is 38.2. The third-order valence-corrected chi connectivity index (χ3v) is 6.92. The Morgan fingerprint density at radius 3 is 2.63 bits per heavy atom. The van der Waals surface area contributed by atoms with E-state index in [-0.39, 0.29) is 24.2 Å². The van der Waals surface area contributed by atoms with Gasteiger partial charge in [0.15, 0.2) is 10.8 Å². The van der Waals surface area contributed by atoms with Gasteiger partial charge in [0, 0.05) is 49.7 Å². The Morgan fingerprint density at radius 1 is 1.11 bits per heavy atom. The van der Waals surface area contributed by atoms with Crippen molar-refractivity contribution in [3.63, 3.8) is 0 Å². The van der Waals surface area contributed by atoms with Crippen molar-refractivity contribution in [1.82, 2.24) is 30.0 Å². The second kappa shape index (κ2) is 10.5. The number of likely N-dealkylation sites (N-methyl/N-ethyl adjacent to an activating group) is 1. The highest BCUT2D eigenvalue weighted by molar-refractivity contribution is 7.14. The van der Waals surface area contributed by atoms with E-state index in [1.54, 1.807) is 30.6 Å². The van der Waals surface area contributed by atoms with Gasteiger partial charge in [0.1, 0.15) is 17.1 Å². The zero-order valence-electron chi connectivity index (χ0n) is 19.5. The topological polar surface area (TPSA) is 113 Å². The summed E-state index contributed by atoms with van der Waals surface area (Å²) < 4.78 is 5.99. The molecule has 2 aliphatic rings. The molecule has 0 atom stereocenters. The molecule has 5 rings (SSSR count). The average Bonchev–Trinajstić information content (AvgIpc) is 3.56. The molecule has 1 amide bonds. The molecule has 1 aliphatic carbocycles. The number of hydrogen-bond acceptors (Lipinski definition) is 10. The van der Waals surface area contributed by atoms with Crippen LogP contribution in [0.4, 0.5) is 5.69 Å². The Kier molecular flexibility index (Phi) is 7.07. The highest BCUT2D eigenvalue weighted by Gasteiger charge is 2.26. The summed E-state index contributed by atoms with van der Waals surface area (Å²) in [6.07, 6.45) is 7.06. The molecule has 1 aliphatic heterocycles. The van der Waals surface area contributed by atoms with Crippen LogP contribution < -0.4 is 10.1 Å². The summed E-state index contributed by atoms with van der Waals surface area (Å²) >= 11 is 1.34. The molecule has 0 unspecified atom stereocenters. The van der Waals surface area contributed by atoms with Crippen molar-refractivity contribution >= 4 is 28.7 Å². The molecular formula is C24H27N7O3S. The molecule has 1 aromatic carbocycles. The van der Waals surface area contributed by atoms with E-state index < -0.39 is 0 Å². The van der Waals surface area contributed by atoms with Gasteiger partial charge in [0.05, 0.1) is 24.8 Å². The van der Waals surface area contributed by atoms with Crippen molar-refractivity contribution in [2.75, 3.05) is 45.1 Å². The largest absolute Gasteiger partial charge is 0.488 e. The number of benzene rings is 1. The van der Waals surface area contributed by atoms with Crippen LogP contribution in [0.3, 0.4) is 0 Å². The Hall–Kier alpha value is -3.28. The Balaban J connectivity index is 1.27. The van der Waals surface area contributed by atoms with Crippen molar-refractivity contribution in [2.24, 2.45) is 0 Å². The molecule has 10 nitrogen and oxygen atoms in total. The minimum atomic E-state index is -0.112. The van der Waals surface area contributed by atoms with E-state index in [1.807, 2.05) is 0 Å². The number of ether oxygens (including phenoxy) is 1. The van der Waals surface area contributed by atoms with Gasteiger partial charge in [0.25, 0.3) is 0 Å². The quantitative estimate of drug-likeness (QED) is 0.448. The van der Waals surface area contributed by atoms with Gasteiger partial charge in [-0.25, -0.2) is 9.97 Å². The molecule has 0 radical (unpaired) electrons. The van der Waals surface area contributed by atoms with Crippen LogP contribution in [0.15, 0.2) is 36.9 Å². The molecule has 1 N–H and O–H groups in total. The first-order valence-corrected chi connectivity index (χ1v) is 12.5. The molecule has 2 aromatic heterocycles. The third kappa shape index (κ3) is 6.24. The summed E-state index contributed by atoms with van der Waals surface area (Å²) in [5, 5.41) is 12.6. The van der Waals surface area contributed by atoms with Gasteiger partial charge in [-0.05, 0) is 38.1 Å². The number of aromatic nitrogens is 4. The number of hydrogen-bond donors (Lipinski definition) is 1. The second-order valence-corrected chi connectivity index (χ2v) is 9.95. The number of carbonyl (C=O) groups is 2. The number of rotatable bonds is 9. The normalized spacial score (nSPS) is 16.7. The van der Waals surface area contributed by atoms with E-state index >= 15 is 0 Å². The first-order valence-electron chi connectivity index (χ1n) is 11.7. The van der Waals surface area contributed by atoms with Crippen molar-refractivity contribution < 1.29 is 14.3 Å². The Bertz CT molecular complexity index is 1190. The lowest BCUT2D eigenvalue weighted by Gasteiger charge is -2.31. The molecule has 3 aromatic rings. The highest BCUT2D eigenvalue weighted by Crippen LogP contribution is 2.33. The number of nitrogens with one attached hydrogen (secondary N) is 1. The molecule has 0 bridgehead atoms. The number of Topliss-reactive ketones (excluding diaryl/α,β-unsaturated/α-hetero) is 1. The fraction of sp³-hybridized carbons (Fsp3) is 0.417. The number of nitrogens with zero attached hydrogens (tertiary/aromatic N) is 6. The molecule has 2 fully saturated rings. The van der Waals surface area contributed by atoms with Crippen LogP contribution in [0.1, 0.15) is 28.2 Å². The lowest BCUT2D eigenvalue weighted by atomic mass is 10.1. The summed E-state index contributed by atoms with van der Waals surface area (Å²) in [6, 6.07) is 5.21. The van der Waals surface area contributed by atoms with Crippen LogP contribution >= 0.6 is 11.3 Å². The van der Waals surface area contributed by atoms with Crippen LogP contribution in [0.5, 0.6) is 5.75 Å². The van der Waals surface area contributed by atoms with Crippen molar-refractivity contribution in [3.05, 3.63) is 47.5 Å². The predicted octanol–water partition coefficient (Wildman–Crippen LogP) is 2.15. The minimum absolute atomic E-state index is 0.107. The predicted molar refractivity (Wildman–Crippen MR) is 132 cm³/mol. The SMILES string of the molecule is CN1CCN(CC(=O)Nc2cc(C(=O)Cc3nnc(-c4cncnc4)s3)ccc2OC2CC2)CC1. The third-order valence-electron chi connectivity index (χ3n) is 5.94. The van der Waals surface area contributed by atoms with Crippen LogP contribution in [0.2, 0.25) is 0 Å². The smallest absolute Gasteiger partial charge is 0.238 e. The van der Waals surface area contributed by atoms with Crippen molar-refractivity contribution in [3.8, 4) is 16.3 Å². The highest BCUT2D eigenvalue weighted by atomic mass is 32.1. The lowest BCUT2D eigenvalue weighted by Crippen LogP contribution is -2.47.